The number of halogens is 4. The highest BCUT2D eigenvalue weighted by molar-refractivity contribution is 6.34. The molecule has 0 aliphatic heterocycles. The van der Waals surface area contributed by atoms with E-state index in [0.29, 0.717) is 0 Å². The van der Waals surface area contributed by atoms with Gasteiger partial charge in [-0.1, -0.05) is 48.0 Å². The second kappa shape index (κ2) is 7.90. The number of rotatable bonds is 5. The zero-order chi connectivity index (χ0) is 20.4. The number of alkyl halides is 3. The van der Waals surface area contributed by atoms with Crippen LogP contribution in [-0.4, -0.2) is 30.4 Å². The van der Waals surface area contributed by atoms with Gasteiger partial charge in [0.2, 0.25) is 0 Å². The molecule has 1 N–H and O–H groups in total. The largest absolute Gasteiger partial charge is 0.417 e. The molecule has 0 bridgehead atoms. The lowest BCUT2D eigenvalue weighted by atomic mass is 9.87. The summed E-state index contributed by atoms with van der Waals surface area (Å²) in [5.41, 5.74) is -0.903. The van der Waals surface area contributed by atoms with E-state index in [9.17, 15) is 18.0 Å². The summed E-state index contributed by atoms with van der Waals surface area (Å²) in [6.45, 7) is 3.89. The molecule has 0 aromatic heterocycles. The maximum atomic E-state index is 13.1. The highest BCUT2D eigenvalue weighted by Crippen LogP contribution is 2.37. The Morgan fingerprint density at radius 2 is 1.63 bits per heavy atom. The van der Waals surface area contributed by atoms with E-state index in [0.717, 1.165) is 11.6 Å². The van der Waals surface area contributed by atoms with Crippen LogP contribution in [0.1, 0.15) is 41.4 Å². The number of carbonyl (C=O) groups is 1. The van der Waals surface area contributed by atoms with Gasteiger partial charge in [0.25, 0.3) is 5.91 Å². The van der Waals surface area contributed by atoms with Crippen LogP contribution in [0.2, 0.25) is 5.02 Å². The van der Waals surface area contributed by atoms with Gasteiger partial charge in [0.05, 0.1) is 22.2 Å². The number of nitrogens with one attached hydrogen (secondary N) is 1. The molecule has 7 heteroatoms. The van der Waals surface area contributed by atoms with Crippen molar-refractivity contribution >= 4 is 17.5 Å². The van der Waals surface area contributed by atoms with Crippen molar-refractivity contribution in [3.8, 4) is 0 Å². The highest BCUT2D eigenvalue weighted by atomic mass is 35.5. The molecule has 2 aromatic rings. The fourth-order valence-electron chi connectivity index (χ4n) is 2.71. The molecule has 0 spiro atoms. The topological polar surface area (TPSA) is 32.3 Å². The van der Waals surface area contributed by atoms with Crippen LogP contribution in [-0.2, 0) is 6.18 Å². The summed E-state index contributed by atoms with van der Waals surface area (Å²) in [7, 11) is 3.75. The second-order valence-corrected chi connectivity index (χ2v) is 7.41. The van der Waals surface area contributed by atoms with Crippen LogP contribution in [0.15, 0.2) is 48.5 Å². The van der Waals surface area contributed by atoms with Gasteiger partial charge in [-0.3, -0.25) is 4.79 Å². The predicted molar refractivity (Wildman–Crippen MR) is 101 cm³/mol. The van der Waals surface area contributed by atoms with Gasteiger partial charge in [-0.2, -0.15) is 13.2 Å². The van der Waals surface area contributed by atoms with Gasteiger partial charge < -0.3 is 10.2 Å². The van der Waals surface area contributed by atoms with E-state index >= 15 is 0 Å². The normalized spacial score (nSPS) is 13.5. The van der Waals surface area contributed by atoms with Gasteiger partial charge in [0.1, 0.15) is 0 Å². The average molecular weight is 399 g/mol. The first-order chi connectivity index (χ1) is 12.5. The van der Waals surface area contributed by atoms with Crippen LogP contribution < -0.4 is 5.32 Å². The third-order valence-corrected chi connectivity index (χ3v) is 5.22. The summed E-state index contributed by atoms with van der Waals surface area (Å²) in [6, 6.07) is 12.1. The Morgan fingerprint density at radius 3 is 2.15 bits per heavy atom. The average Bonchev–Trinajstić information content (AvgIpc) is 2.59. The van der Waals surface area contributed by atoms with Gasteiger partial charge in [-0.25, -0.2) is 0 Å². The van der Waals surface area contributed by atoms with Gasteiger partial charge in [-0.15, -0.1) is 0 Å². The number of likely N-dealkylation sites (N-methyl/N-ethyl adjacent to an activating group) is 1. The number of benzene rings is 2. The summed E-state index contributed by atoms with van der Waals surface area (Å²) in [5.74, 6) is -0.658. The Balaban J connectivity index is 2.44. The Morgan fingerprint density at radius 1 is 1.04 bits per heavy atom. The predicted octanol–water partition coefficient (Wildman–Crippen LogP) is 5.17. The van der Waals surface area contributed by atoms with Crippen molar-refractivity contribution in [2.75, 3.05) is 14.1 Å². The Kier molecular flexibility index (Phi) is 6.22. The summed E-state index contributed by atoms with van der Waals surface area (Å²) >= 11 is 5.90. The smallest absolute Gasteiger partial charge is 0.343 e. The molecule has 0 radical (unpaired) electrons. The standard InChI is InChI=1S/C20H22ClF3N2O/c1-19(2,26(3)4)17(13-9-6-5-7-10-13)25-18(27)14-11-8-12-15(16(14)21)20(22,23)24/h5-12,17H,1-4H3,(H,25,27). The van der Waals surface area contributed by atoms with E-state index < -0.39 is 34.3 Å². The fraction of sp³-hybridized carbons (Fsp3) is 0.350. The molecule has 0 saturated carbocycles. The van der Waals surface area contributed by atoms with Crippen molar-refractivity contribution in [2.24, 2.45) is 0 Å². The maximum absolute atomic E-state index is 13.1. The second-order valence-electron chi connectivity index (χ2n) is 7.03. The Labute approximate surface area is 162 Å². The molecule has 1 amide bonds. The van der Waals surface area contributed by atoms with Crippen LogP contribution >= 0.6 is 11.6 Å². The van der Waals surface area contributed by atoms with Crippen molar-refractivity contribution < 1.29 is 18.0 Å². The molecule has 3 nitrogen and oxygen atoms in total. The first kappa shape index (κ1) is 21.3. The minimum Gasteiger partial charge on any atom is -0.343 e. The van der Waals surface area contributed by atoms with Crippen molar-refractivity contribution in [1.29, 1.82) is 0 Å². The van der Waals surface area contributed by atoms with Crippen molar-refractivity contribution in [2.45, 2.75) is 31.6 Å². The zero-order valence-corrected chi connectivity index (χ0v) is 16.3. The highest BCUT2D eigenvalue weighted by Gasteiger charge is 2.37. The molecule has 0 saturated heterocycles. The first-order valence-electron chi connectivity index (χ1n) is 8.35. The van der Waals surface area contributed by atoms with E-state index in [1.807, 2.05) is 63.2 Å². The third kappa shape index (κ3) is 4.62. The first-order valence-corrected chi connectivity index (χ1v) is 8.73. The monoisotopic (exact) mass is 398 g/mol. The van der Waals surface area contributed by atoms with E-state index in [1.165, 1.54) is 12.1 Å². The molecule has 1 unspecified atom stereocenters. The van der Waals surface area contributed by atoms with Crippen LogP contribution in [0.4, 0.5) is 13.2 Å². The van der Waals surface area contributed by atoms with Crippen LogP contribution in [0.3, 0.4) is 0 Å². The third-order valence-electron chi connectivity index (χ3n) is 4.82. The molecular formula is C20H22ClF3N2O. The van der Waals surface area contributed by atoms with Crippen LogP contribution in [0, 0.1) is 0 Å². The number of amides is 1. The molecule has 146 valence electrons. The molecule has 1 atom stereocenters. The zero-order valence-electron chi connectivity index (χ0n) is 15.6. The number of nitrogens with zero attached hydrogens (tertiary/aromatic N) is 1. The summed E-state index contributed by atoms with van der Waals surface area (Å²) < 4.78 is 39.3. The number of hydrogen-bond donors (Lipinski definition) is 1. The van der Waals surface area contributed by atoms with Crippen molar-refractivity contribution in [3.05, 3.63) is 70.2 Å². The molecular weight excluding hydrogens is 377 g/mol. The van der Waals surface area contributed by atoms with Gasteiger partial charge in [-0.05, 0) is 45.6 Å². The summed E-state index contributed by atoms with van der Waals surface area (Å²) in [6.07, 6.45) is -4.63. The van der Waals surface area contributed by atoms with Gasteiger partial charge in [0.15, 0.2) is 0 Å². The lowest BCUT2D eigenvalue weighted by molar-refractivity contribution is -0.137. The van der Waals surface area contributed by atoms with E-state index in [1.54, 1.807) is 0 Å². The lowest BCUT2D eigenvalue weighted by Gasteiger charge is -2.40. The minimum atomic E-state index is -4.63. The molecule has 2 rings (SSSR count). The molecule has 27 heavy (non-hydrogen) atoms. The van der Waals surface area contributed by atoms with E-state index in [2.05, 4.69) is 5.32 Å². The summed E-state index contributed by atoms with van der Waals surface area (Å²) in [4.78, 5) is 14.8. The Bertz CT molecular complexity index is 805. The van der Waals surface area contributed by atoms with Gasteiger partial charge >= 0.3 is 6.18 Å². The van der Waals surface area contributed by atoms with Crippen molar-refractivity contribution in [3.63, 3.8) is 0 Å². The quantitative estimate of drug-likeness (QED) is 0.753. The lowest BCUT2D eigenvalue weighted by Crippen LogP contribution is -2.50. The number of hydrogen-bond acceptors (Lipinski definition) is 2. The van der Waals surface area contributed by atoms with E-state index in [-0.39, 0.29) is 5.56 Å². The number of carbonyl (C=O) groups excluding carboxylic acids is 1. The minimum absolute atomic E-state index is 0.207. The fourth-order valence-corrected chi connectivity index (χ4v) is 3.03. The molecule has 0 heterocycles. The van der Waals surface area contributed by atoms with Gasteiger partial charge in [0, 0.05) is 5.54 Å². The van der Waals surface area contributed by atoms with Crippen LogP contribution in [0.25, 0.3) is 0 Å². The maximum Gasteiger partial charge on any atom is 0.417 e. The Hall–Kier alpha value is -2.05. The SMILES string of the molecule is CN(C)C(C)(C)C(NC(=O)c1cccc(C(F)(F)F)c1Cl)c1ccccc1. The summed E-state index contributed by atoms with van der Waals surface area (Å²) in [5, 5.41) is 2.26. The van der Waals surface area contributed by atoms with Crippen LogP contribution in [0.5, 0.6) is 0 Å². The van der Waals surface area contributed by atoms with Crippen molar-refractivity contribution in [1.82, 2.24) is 10.2 Å². The molecule has 2 aromatic carbocycles. The van der Waals surface area contributed by atoms with E-state index in [4.69, 9.17) is 11.6 Å². The molecule has 0 fully saturated rings. The molecule has 0 aliphatic carbocycles. The molecule has 0 aliphatic rings.